The fraction of sp³-hybridized carbons (Fsp3) is 0.200. The third-order valence-corrected chi connectivity index (χ3v) is 2.91. The summed E-state index contributed by atoms with van der Waals surface area (Å²) in [6.45, 7) is -1.26. The molecule has 0 fully saturated rings. The van der Waals surface area contributed by atoms with Gasteiger partial charge in [0.05, 0.1) is 0 Å². The smallest absolute Gasteiger partial charge is 0.387 e. The van der Waals surface area contributed by atoms with E-state index in [2.05, 4.69) is 10.1 Å². The van der Waals surface area contributed by atoms with Gasteiger partial charge in [0.25, 0.3) is 0 Å². The molecule has 6 heteroatoms. The first kappa shape index (κ1) is 15.2. The molecule has 1 atom stereocenters. The van der Waals surface area contributed by atoms with E-state index in [-0.39, 0.29) is 11.4 Å². The normalized spacial score (nSPS) is 12.3. The number of rotatable bonds is 5. The lowest BCUT2D eigenvalue weighted by atomic mass is 10.1. The predicted molar refractivity (Wildman–Crippen MR) is 71.5 cm³/mol. The van der Waals surface area contributed by atoms with Gasteiger partial charge in [-0.3, -0.25) is 0 Å². The number of halogens is 4. The van der Waals surface area contributed by atoms with Gasteiger partial charge in [-0.25, -0.2) is 8.78 Å². The van der Waals surface area contributed by atoms with Crippen molar-refractivity contribution < 1.29 is 22.3 Å². The van der Waals surface area contributed by atoms with Crippen LogP contribution < -0.4 is 10.1 Å². The van der Waals surface area contributed by atoms with Crippen LogP contribution in [0.3, 0.4) is 0 Å². The van der Waals surface area contributed by atoms with E-state index in [0.29, 0.717) is 5.56 Å². The molecule has 2 aromatic carbocycles. The van der Waals surface area contributed by atoms with Gasteiger partial charge < -0.3 is 10.1 Å². The maximum atomic E-state index is 13.6. The SMILES string of the molecule is CC(Nc1c(F)cccc1F)c1cccc(OC(F)F)c1. The molecule has 0 radical (unpaired) electrons. The number of para-hydroxylation sites is 1. The summed E-state index contributed by atoms with van der Waals surface area (Å²) >= 11 is 0. The first-order chi connectivity index (χ1) is 9.97. The lowest BCUT2D eigenvalue weighted by Crippen LogP contribution is -2.10. The summed E-state index contributed by atoms with van der Waals surface area (Å²) < 4.78 is 55.7. The van der Waals surface area contributed by atoms with Crippen LogP contribution in [0.15, 0.2) is 42.5 Å². The standard InChI is InChI=1S/C15H13F4NO/c1-9(20-14-12(16)6-3-7-13(14)17)10-4-2-5-11(8-10)21-15(18)19/h2-9,15,20H,1H3. The number of hydrogen-bond acceptors (Lipinski definition) is 2. The minimum atomic E-state index is -2.92. The lowest BCUT2D eigenvalue weighted by Gasteiger charge is -2.17. The van der Waals surface area contributed by atoms with Gasteiger partial charge in [0, 0.05) is 6.04 Å². The zero-order valence-corrected chi connectivity index (χ0v) is 11.1. The third-order valence-electron chi connectivity index (χ3n) is 2.91. The van der Waals surface area contributed by atoms with E-state index >= 15 is 0 Å². The van der Waals surface area contributed by atoms with E-state index in [4.69, 9.17) is 0 Å². The largest absolute Gasteiger partial charge is 0.435 e. The summed E-state index contributed by atoms with van der Waals surface area (Å²) in [5.41, 5.74) is 0.306. The van der Waals surface area contributed by atoms with Crippen LogP contribution >= 0.6 is 0 Å². The molecule has 1 unspecified atom stereocenters. The van der Waals surface area contributed by atoms with Gasteiger partial charge in [-0.15, -0.1) is 0 Å². The van der Waals surface area contributed by atoms with E-state index in [9.17, 15) is 17.6 Å². The molecule has 0 amide bonds. The van der Waals surface area contributed by atoms with Crippen LogP contribution in [-0.4, -0.2) is 6.61 Å². The Morgan fingerprint density at radius 2 is 1.62 bits per heavy atom. The molecule has 21 heavy (non-hydrogen) atoms. The van der Waals surface area contributed by atoms with E-state index in [1.165, 1.54) is 24.3 Å². The average molecular weight is 299 g/mol. The van der Waals surface area contributed by atoms with E-state index in [1.807, 2.05) is 0 Å². The van der Waals surface area contributed by atoms with Gasteiger partial charge in [0.15, 0.2) is 0 Å². The van der Waals surface area contributed by atoms with Crippen LogP contribution in [0.2, 0.25) is 0 Å². The summed E-state index contributed by atoms with van der Waals surface area (Å²) in [6, 6.07) is 8.99. The Kier molecular flexibility index (Phi) is 4.67. The highest BCUT2D eigenvalue weighted by molar-refractivity contribution is 5.48. The molecule has 112 valence electrons. The maximum absolute atomic E-state index is 13.6. The number of nitrogens with one attached hydrogen (secondary N) is 1. The molecule has 2 aromatic rings. The zero-order valence-electron chi connectivity index (χ0n) is 11.1. The third kappa shape index (κ3) is 3.87. The first-order valence-corrected chi connectivity index (χ1v) is 6.22. The number of benzene rings is 2. The molecule has 0 aromatic heterocycles. The minimum absolute atomic E-state index is 0.00912. The molecule has 0 aliphatic carbocycles. The van der Waals surface area contributed by atoms with Crippen molar-refractivity contribution in [3.8, 4) is 5.75 Å². The summed E-state index contributed by atoms with van der Waals surface area (Å²) in [7, 11) is 0. The topological polar surface area (TPSA) is 21.3 Å². The highest BCUT2D eigenvalue weighted by atomic mass is 19.3. The van der Waals surface area contributed by atoms with Crippen LogP contribution in [0.25, 0.3) is 0 Å². The minimum Gasteiger partial charge on any atom is -0.435 e. The maximum Gasteiger partial charge on any atom is 0.387 e. The second-order valence-corrected chi connectivity index (χ2v) is 4.41. The van der Waals surface area contributed by atoms with Gasteiger partial charge in [-0.05, 0) is 36.8 Å². The quantitative estimate of drug-likeness (QED) is 0.805. The molecule has 0 spiro atoms. The number of alkyl halides is 2. The molecular weight excluding hydrogens is 286 g/mol. The summed E-state index contributed by atoms with van der Waals surface area (Å²) in [5.74, 6) is -1.45. The molecule has 0 aliphatic rings. The Hall–Kier alpha value is -2.24. The Balaban J connectivity index is 2.18. The lowest BCUT2D eigenvalue weighted by molar-refractivity contribution is -0.0498. The molecule has 2 rings (SSSR count). The van der Waals surface area contributed by atoms with Crippen molar-refractivity contribution in [2.24, 2.45) is 0 Å². The second kappa shape index (κ2) is 6.47. The number of hydrogen-bond donors (Lipinski definition) is 1. The van der Waals surface area contributed by atoms with Crippen LogP contribution in [-0.2, 0) is 0 Å². The van der Waals surface area contributed by atoms with Crippen molar-refractivity contribution in [2.45, 2.75) is 19.6 Å². The predicted octanol–water partition coefficient (Wildman–Crippen LogP) is 4.74. The van der Waals surface area contributed by atoms with Crippen molar-refractivity contribution in [3.05, 3.63) is 59.7 Å². The van der Waals surface area contributed by atoms with E-state index in [1.54, 1.807) is 13.0 Å². The van der Waals surface area contributed by atoms with Crippen molar-refractivity contribution in [1.82, 2.24) is 0 Å². The van der Waals surface area contributed by atoms with Crippen molar-refractivity contribution in [2.75, 3.05) is 5.32 Å². The average Bonchev–Trinajstić information content (AvgIpc) is 2.42. The number of anilines is 1. The highest BCUT2D eigenvalue weighted by Gasteiger charge is 2.13. The van der Waals surface area contributed by atoms with Crippen molar-refractivity contribution >= 4 is 5.69 Å². The van der Waals surface area contributed by atoms with Gasteiger partial charge in [-0.1, -0.05) is 18.2 Å². The van der Waals surface area contributed by atoms with Gasteiger partial charge >= 0.3 is 6.61 Å². The van der Waals surface area contributed by atoms with Gasteiger partial charge in [0.1, 0.15) is 23.1 Å². The Morgan fingerprint density at radius 3 is 2.24 bits per heavy atom. The molecule has 0 aliphatic heterocycles. The van der Waals surface area contributed by atoms with Gasteiger partial charge in [-0.2, -0.15) is 8.78 Å². The molecular formula is C15H13F4NO. The fourth-order valence-electron chi connectivity index (χ4n) is 1.90. The Bertz CT molecular complexity index is 598. The monoisotopic (exact) mass is 299 g/mol. The molecule has 0 heterocycles. The van der Waals surface area contributed by atoms with Crippen LogP contribution in [0, 0.1) is 11.6 Å². The first-order valence-electron chi connectivity index (χ1n) is 6.22. The molecule has 1 N–H and O–H groups in total. The van der Waals surface area contributed by atoms with E-state index < -0.39 is 24.3 Å². The Labute approximate surface area is 119 Å². The second-order valence-electron chi connectivity index (χ2n) is 4.41. The van der Waals surface area contributed by atoms with Crippen molar-refractivity contribution in [1.29, 1.82) is 0 Å². The number of ether oxygens (including phenoxy) is 1. The van der Waals surface area contributed by atoms with Gasteiger partial charge in [0.2, 0.25) is 0 Å². The fourth-order valence-corrected chi connectivity index (χ4v) is 1.90. The van der Waals surface area contributed by atoms with Crippen molar-refractivity contribution in [3.63, 3.8) is 0 Å². The summed E-state index contributed by atoms with van der Waals surface area (Å²) in [6.07, 6.45) is 0. The molecule has 0 bridgehead atoms. The van der Waals surface area contributed by atoms with Crippen LogP contribution in [0.4, 0.5) is 23.2 Å². The van der Waals surface area contributed by atoms with Crippen LogP contribution in [0.5, 0.6) is 5.75 Å². The summed E-state index contributed by atoms with van der Waals surface area (Å²) in [5, 5.41) is 2.68. The Morgan fingerprint density at radius 1 is 1.00 bits per heavy atom. The molecule has 0 saturated heterocycles. The summed E-state index contributed by atoms with van der Waals surface area (Å²) in [4.78, 5) is 0. The highest BCUT2D eigenvalue weighted by Crippen LogP contribution is 2.26. The molecule has 2 nitrogen and oxygen atoms in total. The molecule has 0 saturated carbocycles. The van der Waals surface area contributed by atoms with Crippen LogP contribution in [0.1, 0.15) is 18.5 Å². The zero-order chi connectivity index (χ0) is 15.4. The van der Waals surface area contributed by atoms with E-state index in [0.717, 1.165) is 12.1 Å².